The van der Waals surface area contributed by atoms with Crippen molar-refractivity contribution in [2.24, 2.45) is 0 Å². The van der Waals surface area contributed by atoms with Crippen molar-refractivity contribution in [3.05, 3.63) is 65.7 Å². The monoisotopic (exact) mass is 394 g/mol. The second-order valence-corrected chi connectivity index (χ2v) is 7.88. The predicted molar refractivity (Wildman–Crippen MR) is 116 cm³/mol. The predicted octanol–water partition coefficient (Wildman–Crippen LogP) is 2.11. The minimum Gasteiger partial charge on any atom is -0.331 e. The van der Waals surface area contributed by atoms with Gasteiger partial charge in [0.05, 0.1) is 26.2 Å². The number of hydrogen-bond donors (Lipinski definition) is 2. The average Bonchev–Trinajstić information content (AvgIpc) is 2.75. The molecule has 5 nitrogen and oxygen atoms in total. The van der Waals surface area contributed by atoms with E-state index >= 15 is 0 Å². The zero-order valence-corrected chi connectivity index (χ0v) is 17.5. The Morgan fingerprint density at radius 2 is 1.69 bits per heavy atom. The van der Waals surface area contributed by atoms with Gasteiger partial charge in [0.15, 0.2) is 6.54 Å². The standard InChI is InChI=1S/C24H31N3O2/c1-3-20-9-7-8-12-22(20)25-23(28)18-26-13-15-27(16-14-26)24(29)17-19(2)21-10-5-4-6-11-21/h4-12,19H,3,13-18H2,1-2H3,(H,25,28)/p+1/t19-/m1/s1. The largest absolute Gasteiger partial charge is 0.331 e. The Balaban J connectivity index is 1.44. The zero-order chi connectivity index (χ0) is 20.6. The molecule has 0 aromatic heterocycles. The number of quaternary nitrogens is 1. The number of nitrogens with zero attached hydrogens (tertiary/aromatic N) is 1. The van der Waals surface area contributed by atoms with Crippen molar-refractivity contribution in [3.63, 3.8) is 0 Å². The quantitative estimate of drug-likeness (QED) is 0.756. The number of anilines is 1. The van der Waals surface area contributed by atoms with Crippen LogP contribution in [0, 0.1) is 0 Å². The lowest BCUT2D eigenvalue weighted by Crippen LogP contribution is -3.15. The van der Waals surface area contributed by atoms with Crippen molar-refractivity contribution >= 4 is 17.5 Å². The van der Waals surface area contributed by atoms with Crippen LogP contribution in [0.25, 0.3) is 0 Å². The van der Waals surface area contributed by atoms with E-state index in [-0.39, 0.29) is 17.7 Å². The van der Waals surface area contributed by atoms with Gasteiger partial charge in [-0.25, -0.2) is 0 Å². The van der Waals surface area contributed by atoms with E-state index in [0.717, 1.165) is 30.8 Å². The first-order valence-corrected chi connectivity index (χ1v) is 10.6. The molecule has 3 rings (SSSR count). The molecule has 0 bridgehead atoms. The van der Waals surface area contributed by atoms with Crippen LogP contribution in [0.3, 0.4) is 0 Å². The lowest BCUT2D eigenvalue weighted by molar-refractivity contribution is -0.895. The van der Waals surface area contributed by atoms with E-state index in [4.69, 9.17) is 0 Å². The third kappa shape index (κ3) is 5.91. The van der Waals surface area contributed by atoms with Crippen LogP contribution in [-0.4, -0.2) is 49.4 Å². The molecule has 2 aromatic rings. The molecular formula is C24H32N3O2+. The van der Waals surface area contributed by atoms with Gasteiger partial charge in [-0.1, -0.05) is 62.4 Å². The maximum atomic E-state index is 12.7. The number of hydrogen-bond acceptors (Lipinski definition) is 2. The Morgan fingerprint density at radius 1 is 1.03 bits per heavy atom. The highest BCUT2D eigenvalue weighted by Gasteiger charge is 2.26. The first-order chi connectivity index (χ1) is 14.1. The fraction of sp³-hybridized carbons (Fsp3) is 0.417. The molecular weight excluding hydrogens is 362 g/mol. The van der Waals surface area contributed by atoms with Gasteiger partial charge in [-0.3, -0.25) is 9.59 Å². The number of carbonyl (C=O) groups is 2. The molecule has 0 unspecified atom stereocenters. The summed E-state index contributed by atoms with van der Waals surface area (Å²) in [5, 5.41) is 3.05. The van der Waals surface area contributed by atoms with Gasteiger partial charge < -0.3 is 15.1 Å². The summed E-state index contributed by atoms with van der Waals surface area (Å²) in [4.78, 5) is 28.3. The Kier molecular flexibility index (Phi) is 7.42. The minimum absolute atomic E-state index is 0.0402. The van der Waals surface area contributed by atoms with E-state index in [1.165, 1.54) is 10.5 Å². The first-order valence-electron chi connectivity index (χ1n) is 10.6. The van der Waals surface area contributed by atoms with Crippen molar-refractivity contribution in [2.45, 2.75) is 32.6 Å². The second kappa shape index (κ2) is 10.2. The molecule has 2 aromatic carbocycles. The van der Waals surface area contributed by atoms with Crippen molar-refractivity contribution in [1.29, 1.82) is 0 Å². The first kappa shape index (κ1) is 21.1. The summed E-state index contributed by atoms with van der Waals surface area (Å²) >= 11 is 0. The third-order valence-corrected chi connectivity index (χ3v) is 5.76. The lowest BCUT2D eigenvalue weighted by atomic mass is 9.97. The number of nitrogens with one attached hydrogen (secondary N) is 2. The zero-order valence-electron chi connectivity index (χ0n) is 17.5. The molecule has 29 heavy (non-hydrogen) atoms. The topological polar surface area (TPSA) is 53.9 Å². The summed E-state index contributed by atoms with van der Waals surface area (Å²) in [7, 11) is 0. The lowest BCUT2D eigenvalue weighted by Gasteiger charge is -2.32. The summed E-state index contributed by atoms with van der Waals surface area (Å²) in [6.45, 7) is 7.70. The second-order valence-electron chi connectivity index (χ2n) is 7.88. The fourth-order valence-corrected chi connectivity index (χ4v) is 3.91. The molecule has 0 saturated carbocycles. The molecule has 1 aliphatic rings. The molecule has 2 N–H and O–H groups in total. The van der Waals surface area contributed by atoms with E-state index in [2.05, 4.69) is 31.3 Å². The molecule has 1 heterocycles. The number of aryl methyl sites for hydroxylation is 1. The number of piperazine rings is 1. The van der Waals surface area contributed by atoms with Crippen LogP contribution in [0.4, 0.5) is 5.69 Å². The summed E-state index contributed by atoms with van der Waals surface area (Å²) in [5.74, 6) is 0.471. The maximum Gasteiger partial charge on any atom is 0.279 e. The fourth-order valence-electron chi connectivity index (χ4n) is 3.91. The molecule has 1 atom stereocenters. The molecule has 0 spiro atoms. The van der Waals surface area contributed by atoms with Crippen molar-refractivity contribution in [3.8, 4) is 0 Å². The van der Waals surface area contributed by atoms with Gasteiger partial charge in [-0.15, -0.1) is 0 Å². The van der Waals surface area contributed by atoms with Gasteiger partial charge in [0.1, 0.15) is 0 Å². The van der Waals surface area contributed by atoms with E-state index in [1.54, 1.807) is 0 Å². The molecule has 2 amide bonds. The van der Waals surface area contributed by atoms with Crippen LogP contribution in [-0.2, 0) is 16.0 Å². The van der Waals surface area contributed by atoms with E-state index in [1.807, 2.05) is 47.4 Å². The minimum atomic E-state index is 0.0402. The number of para-hydroxylation sites is 1. The van der Waals surface area contributed by atoms with Gasteiger partial charge >= 0.3 is 0 Å². The van der Waals surface area contributed by atoms with E-state index in [0.29, 0.717) is 26.1 Å². The van der Waals surface area contributed by atoms with Gasteiger partial charge in [0.2, 0.25) is 5.91 Å². The maximum absolute atomic E-state index is 12.7. The number of amides is 2. The number of carbonyl (C=O) groups excluding carboxylic acids is 2. The van der Waals surface area contributed by atoms with Crippen LogP contribution in [0.5, 0.6) is 0 Å². The van der Waals surface area contributed by atoms with Crippen LogP contribution >= 0.6 is 0 Å². The average molecular weight is 395 g/mol. The smallest absolute Gasteiger partial charge is 0.279 e. The van der Waals surface area contributed by atoms with Gasteiger partial charge in [0.25, 0.3) is 5.91 Å². The summed E-state index contributed by atoms with van der Waals surface area (Å²) in [6, 6.07) is 18.1. The molecule has 1 aliphatic heterocycles. The van der Waals surface area contributed by atoms with E-state index in [9.17, 15) is 9.59 Å². The van der Waals surface area contributed by atoms with Gasteiger partial charge in [-0.05, 0) is 29.5 Å². The summed E-state index contributed by atoms with van der Waals surface area (Å²) < 4.78 is 0. The highest BCUT2D eigenvalue weighted by molar-refractivity contribution is 5.92. The van der Waals surface area contributed by atoms with Crippen LogP contribution < -0.4 is 10.2 Å². The van der Waals surface area contributed by atoms with Crippen LogP contribution in [0.1, 0.15) is 37.3 Å². The Labute approximate surface area is 173 Å². The summed E-state index contributed by atoms with van der Waals surface area (Å²) in [6.07, 6.45) is 1.43. The Bertz CT molecular complexity index is 814. The van der Waals surface area contributed by atoms with Crippen molar-refractivity contribution in [2.75, 3.05) is 38.0 Å². The van der Waals surface area contributed by atoms with Gasteiger partial charge in [-0.2, -0.15) is 0 Å². The molecule has 154 valence electrons. The molecule has 0 aliphatic carbocycles. The molecule has 1 saturated heterocycles. The highest BCUT2D eigenvalue weighted by atomic mass is 16.2. The van der Waals surface area contributed by atoms with Crippen molar-refractivity contribution < 1.29 is 14.5 Å². The molecule has 5 heteroatoms. The van der Waals surface area contributed by atoms with Crippen LogP contribution in [0.15, 0.2) is 54.6 Å². The van der Waals surface area contributed by atoms with Gasteiger partial charge in [0, 0.05) is 12.1 Å². The molecule has 0 radical (unpaired) electrons. The molecule has 1 fully saturated rings. The number of benzene rings is 2. The third-order valence-electron chi connectivity index (χ3n) is 5.76. The van der Waals surface area contributed by atoms with E-state index < -0.39 is 0 Å². The highest BCUT2D eigenvalue weighted by Crippen LogP contribution is 2.19. The number of rotatable bonds is 7. The van der Waals surface area contributed by atoms with Crippen molar-refractivity contribution in [1.82, 2.24) is 4.90 Å². The summed E-state index contributed by atoms with van der Waals surface area (Å²) in [5.41, 5.74) is 3.26. The normalized spacial score (nSPS) is 15.7. The van der Waals surface area contributed by atoms with Crippen LogP contribution in [0.2, 0.25) is 0 Å². The SMILES string of the molecule is CCc1ccccc1NC(=O)C[NH+]1CCN(C(=O)C[C@@H](C)c2ccccc2)CC1. The Hall–Kier alpha value is -2.66. The Morgan fingerprint density at radius 3 is 2.38 bits per heavy atom.